The first-order valence-corrected chi connectivity index (χ1v) is 4.49. The third kappa shape index (κ3) is 1.79. The van der Waals surface area contributed by atoms with Gasteiger partial charge in [0, 0.05) is 12.4 Å². The van der Waals surface area contributed by atoms with Crippen LogP contribution in [-0.2, 0) is 0 Å². The normalized spacial score (nSPS) is 10.3. The zero-order valence-corrected chi connectivity index (χ0v) is 8.14. The van der Waals surface area contributed by atoms with E-state index in [-0.39, 0.29) is 0 Å². The van der Waals surface area contributed by atoms with Gasteiger partial charge in [-0.1, -0.05) is 6.07 Å². The highest BCUT2D eigenvalue weighted by atomic mass is 19.1. The average molecular weight is 204 g/mol. The lowest BCUT2D eigenvalue weighted by atomic mass is 10.3. The number of aryl methyl sites for hydroxylation is 1. The van der Waals surface area contributed by atoms with Gasteiger partial charge in [0.1, 0.15) is 5.82 Å². The molecule has 0 aliphatic carbocycles. The maximum atomic E-state index is 13.0. The van der Waals surface area contributed by atoms with E-state index in [1.165, 1.54) is 16.8 Å². The van der Waals surface area contributed by atoms with E-state index >= 15 is 0 Å². The topological polar surface area (TPSA) is 34.9 Å². The van der Waals surface area contributed by atoms with E-state index in [9.17, 15) is 9.18 Å². The monoisotopic (exact) mass is 204 g/mol. The number of halogens is 1. The number of aromatic nitrogens is 2. The van der Waals surface area contributed by atoms with E-state index < -0.39 is 11.4 Å². The summed E-state index contributed by atoms with van der Waals surface area (Å²) >= 11 is 0. The molecule has 0 saturated carbocycles. The lowest BCUT2D eigenvalue weighted by Crippen LogP contribution is -2.21. The summed E-state index contributed by atoms with van der Waals surface area (Å²) in [4.78, 5) is 15.4. The predicted molar refractivity (Wildman–Crippen MR) is 54.5 cm³/mol. The van der Waals surface area contributed by atoms with E-state index in [0.29, 0.717) is 5.82 Å². The molecule has 0 atom stereocenters. The Morgan fingerprint density at radius 2 is 2.13 bits per heavy atom. The van der Waals surface area contributed by atoms with Crippen molar-refractivity contribution in [3.63, 3.8) is 0 Å². The molecule has 0 aliphatic rings. The fraction of sp³-hybridized carbons (Fsp3) is 0.0909. The van der Waals surface area contributed by atoms with E-state index in [4.69, 9.17) is 0 Å². The van der Waals surface area contributed by atoms with Gasteiger partial charge in [0.2, 0.25) is 0 Å². The molecule has 0 spiro atoms. The van der Waals surface area contributed by atoms with Gasteiger partial charge >= 0.3 is 0 Å². The van der Waals surface area contributed by atoms with Crippen molar-refractivity contribution in [3.05, 3.63) is 58.4 Å². The molecule has 2 aromatic heterocycles. The second-order valence-corrected chi connectivity index (χ2v) is 3.23. The molecule has 15 heavy (non-hydrogen) atoms. The van der Waals surface area contributed by atoms with Crippen LogP contribution in [0, 0.1) is 12.7 Å². The maximum absolute atomic E-state index is 13.0. The van der Waals surface area contributed by atoms with Crippen molar-refractivity contribution in [2.45, 2.75) is 6.92 Å². The van der Waals surface area contributed by atoms with Crippen molar-refractivity contribution in [1.82, 2.24) is 9.55 Å². The zero-order chi connectivity index (χ0) is 10.8. The quantitative estimate of drug-likeness (QED) is 0.708. The molecule has 3 nitrogen and oxygen atoms in total. The Morgan fingerprint density at radius 3 is 2.80 bits per heavy atom. The molecule has 4 heteroatoms. The number of hydrogen-bond donors (Lipinski definition) is 0. The maximum Gasteiger partial charge on any atom is 0.292 e. The molecule has 0 N–H and O–H groups in total. The van der Waals surface area contributed by atoms with Crippen LogP contribution in [0.15, 0.2) is 41.5 Å². The van der Waals surface area contributed by atoms with Crippen LogP contribution in [0.25, 0.3) is 5.82 Å². The van der Waals surface area contributed by atoms with Crippen LogP contribution in [0.5, 0.6) is 0 Å². The van der Waals surface area contributed by atoms with Gasteiger partial charge in [0.25, 0.3) is 5.56 Å². The second kappa shape index (κ2) is 3.65. The zero-order valence-electron chi connectivity index (χ0n) is 8.14. The number of nitrogens with zero attached hydrogens (tertiary/aromatic N) is 2. The summed E-state index contributed by atoms with van der Waals surface area (Å²) in [7, 11) is 0. The van der Waals surface area contributed by atoms with Gasteiger partial charge in [-0.25, -0.2) is 9.37 Å². The summed E-state index contributed by atoms with van der Waals surface area (Å²) < 4.78 is 14.2. The second-order valence-electron chi connectivity index (χ2n) is 3.23. The Kier molecular flexibility index (Phi) is 2.33. The first kappa shape index (κ1) is 9.58. The van der Waals surface area contributed by atoms with E-state index in [0.717, 1.165) is 11.6 Å². The molecular formula is C11H9FN2O. The molecule has 0 radical (unpaired) electrons. The van der Waals surface area contributed by atoms with Gasteiger partial charge in [-0.3, -0.25) is 9.36 Å². The smallest absolute Gasteiger partial charge is 0.266 e. The SMILES string of the molecule is Cc1ccc(-n2cccc(F)c2=O)nc1. The number of rotatable bonds is 1. The largest absolute Gasteiger partial charge is 0.292 e. The lowest BCUT2D eigenvalue weighted by Gasteiger charge is -2.03. The molecule has 0 amide bonds. The van der Waals surface area contributed by atoms with E-state index in [1.54, 1.807) is 12.3 Å². The summed E-state index contributed by atoms with van der Waals surface area (Å²) in [6, 6.07) is 6.10. The molecule has 76 valence electrons. The standard InChI is InChI=1S/C11H9FN2O/c1-8-4-5-10(13-7-8)14-6-2-3-9(12)11(14)15/h2-7H,1H3. The van der Waals surface area contributed by atoms with Crippen molar-refractivity contribution in [1.29, 1.82) is 0 Å². The molecular weight excluding hydrogens is 195 g/mol. The average Bonchev–Trinajstić information content (AvgIpc) is 2.24. The fourth-order valence-corrected chi connectivity index (χ4v) is 1.25. The molecule has 0 aromatic carbocycles. The van der Waals surface area contributed by atoms with Gasteiger partial charge in [-0.2, -0.15) is 0 Å². The van der Waals surface area contributed by atoms with Gasteiger partial charge in [-0.15, -0.1) is 0 Å². The van der Waals surface area contributed by atoms with Gasteiger partial charge in [0.15, 0.2) is 5.82 Å². The minimum Gasteiger partial charge on any atom is -0.266 e. The van der Waals surface area contributed by atoms with Crippen LogP contribution in [0.4, 0.5) is 4.39 Å². The van der Waals surface area contributed by atoms with Crippen molar-refractivity contribution >= 4 is 0 Å². The van der Waals surface area contributed by atoms with Crippen LogP contribution in [0.1, 0.15) is 5.56 Å². The fourth-order valence-electron chi connectivity index (χ4n) is 1.25. The third-order valence-electron chi connectivity index (χ3n) is 2.04. The Balaban J connectivity index is 2.59. The Labute approximate surface area is 85.8 Å². The van der Waals surface area contributed by atoms with Gasteiger partial charge in [0.05, 0.1) is 0 Å². The molecule has 2 rings (SSSR count). The van der Waals surface area contributed by atoms with E-state index in [2.05, 4.69) is 4.98 Å². The predicted octanol–water partition coefficient (Wildman–Crippen LogP) is 1.68. The van der Waals surface area contributed by atoms with Crippen LogP contribution in [0.2, 0.25) is 0 Å². The highest BCUT2D eigenvalue weighted by molar-refractivity contribution is 5.25. The molecule has 0 aliphatic heterocycles. The van der Waals surface area contributed by atoms with Crippen molar-refractivity contribution < 1.29 is 4.39 Å². The van der Waals surface area contributed by atoms with Gasteiger partial charge in [-0.05, 0) is 30.7 Å². The summed E-state index contributed by atoms with van der Waals surface area (Å²) in [5, 5.41) is 0. The van der Waals surface area contributed by atoms with Crippen molar-refractivity contribution in [2.75, 3.05) is 0 Å². The number of hydrogen-bond acceptors (Lipinski definition) is 2. The van der Waals surface area contributed by atoms with Crippen molar-refractivity contribution in [2.24, 2.45) is 0 Å². The first-order chi connectivity index (χ1) is 7.18. The summed E-state index contributed by atoms with van der Waals surface area (Å²) in [6.45, 7) is 1.89. The summed E-state index contributed by atoms with van der Waals surface area (Å²) in [5.74, 6) is -0.357. The van der Waals surface area contributed by atoms with Crippen LogP contribution in [-0.4, -0.2) is 9.55 Å². The lowest BCUT2D eigenvalue weighted by molar-refractivity contribution is 0.598. The molecule has 2 heterocycles. The summed E-state index contributed by atoms with van der Waals surface area (Å²) in [5.41, 5.74) is 0.303. The first-order valence-electron chi connectivity index (χ1n) is 4.49. The Morgan fingerprint density at radius 1 is 1.33 bits per heavy atom. The molecule has 2 aromatic rings. The molecule has 0 bridgehead atoms. The number of pyridine rings is 2. The van der Waals surface area contributed by atoms with Gasteiger partial charge < -0.3 is 0 Å². The van der Waals surface area contributed by atoms with E-state index in [1.807, 2.05) is 13.0 Å². The van der Waals surface area contributed by atoms with Crippen LogP contribution in [0.3, 0.4) is 0 Å². The third-order valence-corrected chi connectivity index (χ3v) is 2.04. The van der Waals surface area contributed by atoms with Crippen molar-refractivity contribution in [3.8, 4) is 5.82 Å². The summed E-state index contributed by atoms with van der Waals surface area (Å²) in [6.07, 6.45) is 3.12. The van der Waals surface area contributed by atoms with Crippen LogP contribution >= 0.6 is 0 Å². The molecule has 0 fully saturated rings. The molecule has 0 unspecified atom stereocenters. The molecule has 0 saturated heterocycles. The van der Waals surface area contributed by atoms with Crippen LogP contribution < -0.4 is 5.56 Å². The highest BCUT2D eigenvalue weighted by Crippen LogP contribution is 2.02. The Hall–Kier alpha value is -1.97. The minimum absolute atomic E-state index is 0.421. The Bertz CT molecular complexity index is 531. The highest BCUT2D eigenvalue weighted by Gasteiger charge is 2.03. The minimum atomic E-state index is -0.778.